The fourth-order valence-corrected chi connectivity index (χ4v) is 10.8. The highest BCUT2D eigenvalue weighted by Gasteiger charge is 2.47. The van der Waals surface area contributed by atoms with E-state index >= 15 is 0 Å². The van der Waals surface area contributed by atoms with Gasteiger partial charge in [-0.25, -0.2) is 0 Å². The van der Waals surface area contributed by atoms with Crippen molar-refractivity contribution in [2.45, 2.75) is 24.7 Å². The molecule has 0 N–H and O–H groups in total. The molecule has 0 fully saturated rings. The highest BCUT2D eigenvalue weighted by atomic mass is 15.2. The Bertz CT molecular complexity index is 3220. The molecule has 1 heterocycles. The van der Waals surface area contributed by atoms with Crippen molar-refractivity contribution in [3.63, 3.8) is 0 Å². The summed E-state index contributed by atoms with van der Waals surface area (Å²) in [6.07, 6.45) is 10.0. The van der Waals surface area contributed by atoms with E-state index in [4.69, 9.17) is 0 Å². The van der Waals surface area contributed by atoms with E-state index in [2.05, 4.69) is 252 Å². The summed E-state index contributed by atoms with van der Waals surface area (Å²) in [6.45, 7) is 0.986. The van der Waals surface area contributed by atoms with Crippen LogP contribution in [-0.2, 0) is 11.8 Å². The Labute approximate surface area is 382 Å². The van der Waals surface area contributed by atoms with E-state index in [-0.39, 0.29) is 0 Å². The lowest BCUT2D eigenvalue weighted by Crippen LogP contribution is -2.30. The second-order valence-corrected chi connectivity index (χ2v) is 17.5. The molecular formula is C63H48N2. The van der Waals surface area contributed by atoms with Crippen LogP contribution in [-0.4, -0.2) is 6.54 Å². The number of hydrogen-bond acceptors (Lipinski definition) is 2. The Balaban J connectivity index is 0.921. The highest BCUT2D eigenvalue weighted by Crippen LogP contribution is 2.58. The Morgan fingerprint density at radius 1 is 0.415 bits per heavy atom. The molecule has 0 spiro atoms. The van der Waals surface area contributed by atoms with E-state index in [0.717, 1.165) is 42.9 Å². The predicted octanol–water partition coefficient (Wildman–Crippen LogP) is 16.4. The van der Waals surface area contributed by atoms with Crippen LogP contribution in [0.25, 0.3) is 44.5 Å². The van der Waals surface area contributed by atoms with Crippen molar-refractivity contribution < 1.29 is 0 Å². The number of hydrogen-bond donors (Lipinski definition) is 0. The van der Waals surface area contributed by atoms with Crippen LogP contribution in [0.2, 0.25) is 0 Å². The molecule has 9 aromatic rings. The monoisotopic (exact) mass is 832 g/mol. The van der Waals surface area contributed by atoms with Crippen LogP contribution in [0.3, 0.4) is 0 Å². The van der Waals surface area contributed by atoms with Gasteiger partial charge in [0.2, 0.25) is 0 Å². The molecule has 0 amide bonds. The number of allylic oxidation sites excluding steroid dienone is 4. The van der Waals surface area contributed by atoms with E-state index in [1.165, 1.54) is 83.7 Å². The summed E-state index contributed by atoms with van der Waals surface area (Å²) in [7, 11) is 0. The predicted molar refractivity (Wildman–Crippen MR) is 273 cm³/mol. The van der Waals surface area contributed by atoms with Crippen LogP contribution in [0.4, 0.5) is 28.4 Å². The lowest BCUT2D eigenvalue weighted by Gasteiger charge is -2.37. The minimum Gasteiger partial charge on any atom is -0.341 e. The first-order chi connectivity index (χ1) is 32.2. The van der Waals surface area contributed by atoms with Gasteiger partial charge in [-0.05, 0) is 147 Å². The molecule has 12 rings (SSSR count). The smallest absolute Gasteiger partial charge is 0.0677 e. The van der Waals surface area contributed by atoms with Crippen molar-refractivity contribution in [2.24, 2.45) is 0 Å². The average molecular weight is 833 g/mol. The molecule has 3 aliphatic rings. The Hall–Kier alpha value is -7.94. The van der Waals surface area contributed by atoms with Crippen LogP contribution in [0, 0.1) is 0 Å². The molecule has 2 aliphatic carbocycles. The number of benzene rings is 9. The molecule has 1 aliphatic heterocycles. The van der Waals surface area contributed by atoms with Crippen molar-refractivity contribution in [1.29, 1.82) is 0 Å². The fourth-order valence-electron chi connectivity index (χ4n) is 10.8. The fraction of sp³-hybridized carbons (Fsp3) is 0.0794. The van der Waals surface area contributed by atoms with Crippen molar-refractivity contribution in [2.75, 3.05) is 16.3 Å². The van der Waals surface area contributed by atoms with Crippen LogP contribution in [0.5, 0.6) is 0 Å². The second-order valence-electron chi connectivity index (χ2n) is 17.5. The van der Waals surface area contributed by atoms with Gasteiger partial charge in [0.05, 0.1) is 5.41 Å². The van der Waals surface area contributed by atoms with Gasteiger partial charge in [-0.15, -0.1) is 0 Å². The molecule has 1 unspecified atom stereocenters. The molecular weight excluding hydrogens is 785 g/mol. The van der Waals surface area contributed by atoms with Gasteiger partial charge >= 0.3 is 0 Å². The lowest BCUT2D eigenvalue weighted by molar-refractivity contribution is 0.693. The molecule has 0 bridgehead atoms. The summed E-state index contributed by atoms with van der Waals surface area (Å²) >= 11 is 0. The molecule has 0 aromatic heterocycles. The Kier molecular flexibility index (Phi) is 9.72. The number of fused-ring (bicyclic) bond motifs is 4. The van der Waals surface area contributed by atoms with E-state index in [1.54, 1.807) is 0 Å². The van der Waals surface area contributed by atoms with Crippen molar-refractivity contribution in [1.82, 2.24) is 0 Å². The second kappa shape index (κ2) is 16.3. The zero-order valence-electron chi connectivity index (χ0n) is 36.3. The van der Waals surface area contributed by atoms with E-state index < -0.39 is 5.41 Å². The maximum Gasteiger partial charge on any atom is 0.0677 e. The maximum atomic E-state index is 2.48. The van der Waals surface area contributed by atoms with E-state index in [9.17, 15) is 0 Å². The third-order valence-electron chi connectivity index (χ3n) is 13.9. The summed E-state index contributed by atoms with van der Waals surface area (Å²) in [5.41, 5.74) is 22.3. The van der Waals surface area contributed by atoms with Gasteiger partial charge in [-0.3, -0.25) is 0 Å². The van der Waals surface area contributed by atoms with Crippen LogP contribution >= 0.6 is 0 Å². The van der Waals surface area contributed by atoms with Crippen LogP contribution < -0.4 is 9.80 Å². The molecule has 9 aromatic carbocycles. The van der Waals surface area contributed by atoms with Gasteiger partial charge in [0.25, 0.3) is 0 Å². The minimum absolute atomic E-state index is 0.408. The Morgan fingerprint density at radius 3 is 1.60 bits per heavy atom. The van der Waals surface area contributed by atoms with Crippen molar-refractivity contribution in [3.05, 3.63) is 271 Å². The van der Waals surface area contributed by atoms with Gasteiger partial charge in [0.15, 0.2) is 0 Å². The summed E-state index contributed by atoms with van der Waals surface area (Å²) in [4.78, 5) is 4.89. The number of nitrogens with zero attached hydrogens (tertiary/aromatic N) is 2. The summed E-state index contributed by atoms with van der Waals surface area (Å²) in [6, 6.07) is 83.0. The minimum atomic E-state index is -0.408. The van der Waals surface area contributed by atoms with Crippen LogP contribution in [0.15, 0.2) is 248 Å². The third kappa shape index (κ3) is 6.73. The van der Waals surface area contributed by atoms with Gasteiger partial charge in [-0.1, -0.05) is 188 Å². The number of rotatable bonds is 9. The van der Waals surface area contributed by atoms with E-state index in [0.29, 0.717) is 0 Å². The molecule has 0 radical (unpaired) electrons. The summed E-state index contributed by atoms with van der Waals surface area (Å²) in [5.74, 6) is 0. The summed E-state index contributed by atoms with van der Waals surface area (Å²) < 4.78 is 0. The van der Waals surface area contributed by atoms with Crippen molar-refractivity contribution >= 4 is 28.4 Å². The molecule has 310 valence electrons. The SMILES string of the molecule is C1=CCCC(C2(c3ccccc3)c3ccccc3-c3ccc(N(c4ccc(-c5ccccc5)cc4)c4ccc(-c5ccc(N6CCc7cc(-c8ccccc8)ccc76)cc5)cc4)cc32)=C1. The highest BCUT2D eigenvalue weighted by molar-refractivity contribution is 5.90. The summed E-state index contributed by atoms with van der Waals surface area (Å²) in [5, 5.41) is 0. The van der Waals surface area contributed by atoms with Crippen molar-refractivity contribution in [3.8, 4) is 44.5 Å². The Morgan fingerprint density at radius 2 is 0.954 bits per heavy atom. The third-order valence-corrected chi connectivity index (χ3v) is 13.9. The zero-order valence-corrected chi connectivity index (χ0v) is 36.3. The number of anilines is 5. The molecule has 2 heteroatoms. The molecule has 0 saturated heterocycles. The molecule has 65 heavy (non-hydrogen) atoms. The standard InChI is InChI=1S/C63H48N2/c1-5-15-45(16-6-1)47-27-34-55(35-28-47)65(57-38-39-59-58-23-13-14-24-60(58)63(61(59)44-57,52-19-9-3-10-20-52)53-21-11-4-12-22-53)56-36-29-49(30-37-56)48-25-32-54(33-26-48)64-42-41-51-43-50(31-40-62(51)64)46-17-7-2-8-18-46/h1-11,13-21,23-40,43-44H,12,22,41-42H2. The van der Waals surface area contributed by atoms with E-state index in [1.807, 2.05) is 0 Å². The first kappa shape index (κ1) is 38.7. The normalized spacial score (nSPS) is 15.8. The average Bonchev–Trinajstić information content (AvgIpc) is 3.95. The zero-order chi connectivity index (χ0) is 43.2. The topological polar surface area (TPSA) is 6.48 Å². The van der Waals surface area contributed by atoms with Gasteiger partial charge in [-0.2, -0.15) is 0 Å². The van der Waals surface area contributed by atoms with Gasteiger partial charge < -0.3 is 9.80 Å². The molecule has 0 saturated carbocycles. The largest absolute Gasteiger partial charge is 0.341 e. The first-order valence-corrected chi connectivity index (χ1v) is 23.0. The van der Waals surface area contributed by atoms with Crippen LogP contribution in [0.1, 0.15) is 35.1 Å². The first-order valence-electron chi connectivity index (χ1n) is 23.0. The molecule has 2 nitrogen and oxygen atoms in total. The van der Waals surface area contributed by atoms with Gasteiger partial charge in [0.1, 0.15) is 0 Å². The quantitative estimate of drug-likeness (QED) is 0.143. The maximum absolute atomic E-state index is 2.48. The molecule has 1 atom stereocenters. The van der Waals surface area contributed by atoms with Gasteiger partial charge in [0, 0.05) is 35.0 Å². The lowest BCUT2D eigenvalue weighted by atomic mass is 9.65.